The van der Waals surface area contributed by atoms with Crippen molar-refractivity contribution in [3.05, 3.63) is 157 Å². The summed E-state index contributed by atoms with van der Waals surface area (Å²) in [5.74, 6) is 1.79. The molecule has 0 spiro atoms. The average Bonchev–Trinajstić information content (AvgIpc) is 3.73. The van der Waals surface area contributed by atoms with Crippen LogP contribution in [-0.4, -0.2) is 9.13 Å². The lowest BCUT2D eigenvalue weighted by molar-refractivity contribution is 0.476. The molecule has 2 aliphatic rings. The van der Waals surface area contributed by atoms with Gasteiger partial charge in [-0.05, 0) is 88.0 Å². The van der Waals surface area contributed by atoms with E-state index >= 15 is 0 Å². The van der Waals surface area contributed by atoms with Gasteiger partial charge in [-0.25, -0.2) is 0 Å². The molecule has 0 saturated heterocycles. The summed E-state index contributed by atoms with van der Waals surface area (Å²) in [5, 5.41) is 5.03. The van der Waals surface area contributed by atoms with Crippen molar-refractivity contribution in [3.8, 4) is 45.1 Å². The van der Waals surface area contributed by atoms with E-state index in [4.69, 9.17) is 4.74 Å². The molecule has 226 valence electrons. The molecular formula is C45H30N2O. The third kappa shape index (κ3) is 3.28. The number of para-hydroxylation sites is 4. The zero-order valence-electron chi connectivity index (χ0n) is 26.7. The minimum atomic E-state index is -0.158. The molecular weight excluding hydrogens is 585 g/mol. The highest BCUT2D eigenvalue weighted by Gasteiger charge is 2.36. The fraction of sp³-hybridized carbons (Fsp3) is 0.0667. The highest BCUT2D eigenvalue weighted by Crippen LogP contribution is 2.51. The van der Waals surface area contributed by atoms with Gasteiger partial charge in [-0.3, -0.25) is 0 Å². The van der Waals surface area contributed by atoms with Crippen LogP contribution in [0.25, 0.3) is 77.2 Å². The summed E-state index contributed by atoms with van der Waals surface area (Å²) < 4.78 is 11.3. The van der Waals surface area contributed by atoms with Crippen molar-refractivity contribution in [1.82, 2.24) is 9.13 Å². The molecule has 0 radical (unpaired) electrons. The molecule has 0 N–H and O–H groups in total. The van der Waals surface area contributed by atoms with Crippen LogP contribution in [0, 0.1) is 0 Å². The number of nitrogens with zero attached hydrogens (tertiary/aromatic N) is 2. The summed E-state index contributed by atoms with van der Waals surface area (Å²) in [6.07, 6.45) is 0. The standard InChI is InChI=1S/C45H30N2O/c1-45(2)36-24-27(28-19-23-42-41(25-28)47-40-16-8-5-12-34(40)35-13-9-17-43(48-42)44(35)47)18-21-30(36)31-22-20-29(26-37(31)45)46-38-14-6-3-10-32(38)33-11-4-7-15-39(33)46/h3-26H,1-2H3. The Labute approximate surface area is 277 Å². The van der Waals surface area contributed by atoms with Crippen LogP contribution < -0.4 is 4.74 Å². The van der Waals surface area contributed by atoms with Gasteiger partial charge in [-0.1, -0.05) is 105 Å². The number of benzene rings is 7. The smallest absolute Gasteiger partial charge is 0.152 e. The lowest BCUT2D eigenvalue weighted by Gasteiger charge is -2.24. The van der Waals surface area contributed by atoms with Crippen LogP contribution in [0.5, 0.6) is 11.5 Å². The molecule has 0 fully saturated rings. The third-order valence-corrected chi connectivity index (χ3v) is 10.9. The van der Waals surface area contributed by atoms with Crippen LogP contribution in [0.2, 0.25) is 0 Å². The van der Waals surface area contributed by atoms with Crippen molar-refractivity contribution in [2.45, 2.75) is 19.3 Å². The first kappa shape index (κ1) is 26.1. The predicted octanol–water partition coefficient (Wildman–Crippen LogP) is 12.0. The second kappa shape index (κ2) is 9.05. The molecule has 0 bridgehead atoms. The Kier molecular flexibility index (Phi) is 4.91. The number of aromatic nitrogens is 2. The second-order valence-electron chi connectivity index (χ2n) is 13.8. The Morgan fingerprint density at radius 3 is 1.75 bits per heavy atom. The molecule has 0 atom stereocenters. The van der Waals surface area contributed by atoms with Gasteiger partial charge in [0.25, 0.3) is 0 Å². The van der Waals surface area contributed by atoms with Crippen LogP contribution in [0.15, 0.2) is 146 Å². The number of hydrogen-bond donors (Lipinski definition) is 0. The predicted molar refractivity (Wildman–Crippen MR) is 198 cm³/mol. The van der Waals surface area contributed by atoms with E-state index in [-0.39, 0.29) is 5.41 Å². The zero-order chi connectivity index (χ0) is 31.7. The number of fused-ring (bicyclic) bond motifs is 11. The van der Waals surface area contributed by atoms with E-state index in [1.165, 1.54) is 77.2 Å². The van der Waals surface area contributed by atoms with Gasteiger partial charge in [-0.15, -0.1) is 0 Å². The van der Waals surface area contributed by atoms with Crippen LogP contribution in [0.4, 0.5) is 0 Å². The highest BCUT2D eigenvalue weighted by molar-refractivity contribution is 6.12. The molecule has 9 aromatic rings. The van der Waals surface area contributed by atoms with Gasteiger partial charge in [0, 0.05) is 32.6 Å². The molecule has 3 heterocycles. The summed E-state index contributed by atoms with van der Waals surface area (Å²) in [4.78, 5) is 0. The van der Waals surface area contributed by atoms with Crippen LogP contribution in [0.3, 0.4) is 0 Å². The molecule has 3 nitrogen and oxygen atoms in total. The van der Waals surface area contributed by atoms with Crippen molar-refractivity contribution in [1.29, 1.82) is 0 Å². The van der Waals surface area contributed by atoms with Gasteiger partial charge in [0.2, 0.25) is 0 Å². The first-order valence-corrected chi connectivity index (χ1v) is 16.7. The fourth-order valence-electron chi connectivity index (χ4n) is 8.64. The van der Waals surface area contributed by atoms with Crippen LogP contribution in [0.1, 0.15) is 25.0 Å². The molecule has 1 aliphatic carbocycles. The molecule has 48 heavy (non-hydrogen) atoms. The molecule has 2 aromatic heterocycles. The maximum atomic E-state index is 6.49. The zero-order valence-corrected chi connectivity index (χ0v) is 26.7. The van der Waals surface area contributed by atoms with Gasteiger partial charge < -0.3 is 13.9 Å². The topological polar surface area (TPSA) is 19.1 Å². The summed E-state index contributed by atoms with van der Waals surface area (Å²) in [6.45, 7) is 4.74. The molecule has 0 unspecified atom stereocenters. The van der Waals surface area contributed by atoms with E-state index in [9.17, 15) is 0 Å². The van der Waals surface area contributed by atoms with Crippen LogP contribution in [-0.2, 0) is 5.41 Å². The Bertz CT molecular complexity index is 2790. The third-order valence-electron chi connectivity index (χ3n) is 10.9. The number of hydrogen-bond acceptors (Lipinski definition) is 1. The lowest BCUT2D eigenvalue weighted by Crippen LogP contribution is -2.15. The van der Waals surface area contributed by atoms with Crippen LogP contribution >= 0.6 is 0 Å². The molecule has 0 saturated carbocycles. The van der Waals surface area contributed by atoms with E-state index in [1.54, 1.807) is 0 Å². The average molecular weight is 615 g/mol. The highest BCUT2D eigenvalue weighted by atomic mass is 16.5. The SMILES string of the molecule is CC1(C)c2cc(-c3ccc4c(c3)-n3c5ccccc5c5cccc(c53)O4)ccc2-c2ccc(-n3c4ccccc4c4ccccc43)cc21. The summed E-state index contributed by atoms with van der Waals surface area (Å²) in [7, 11) is 0. The van der Waals surface area contributed by atoms with E-state index in [0.29, 0.717) is 0 Å². The first-order chi connectivity index (χ1) is 23.6. The van der Waals surface area contributed by atoms with Gasteiger partial charge in [0.1, 0.15) is 0 Å². The Balaban J connectivity index is 1.05. The number of rotatable bonds is 2. The van der Waals surface area contributed by atoms with Gasteiger partial charge in [0.15, 0.2) is 11.5 Å². The maximum Gasteiger partial charge on any atom is 0.152 e. The normalized spacial score (nSPS) is 14.0. The fourth-order valence-corrected chi connectivity index (χ4v) is 8.64. The Morgan fingerprint density at radius 1 is 0.458 bits per heavy atom. The number of ether oxygens (including phenoxy) is 1. The monoisotopic (exact) mass is 614 g/mol. The summed E-state index contributed by atoms with van der Waals surface area (Å²) in [6, 6.07) is 53.2. The van der Waals surface area contributed by atoms with Crippen molar-refractivity contribution < 1.29 is 4.74 Å². The minimum Gasteiger partial charge on any atom is -0.453 e. The molecule has 7 aromatic carbocycles. The molecule has 1 aliphatic heterocycles. The van der Waals surface area contributed by atoms with Crippen molar-refractivity contribution in [2.75, 3.05) is 0 Å². The van der Waals surface area contributed by atoms with E-state index < -0.39 is 0 Å². The van der Waals surface area contributed by atoms with Gasteiger partial charge in [0.05, 0.1) is 27.8 Å². The van der Waals surface area contributed by atoms with E-state index in [2.05, 4.69) is 169 Å². The lowest BCUT2D eigenvalue weighted by atomic mass is 9.81. The van der Waals surface area contributed by atoms with Gasteiger partial charge in [-0.2, -0.15) is 0 Å². The van der Waals surface area contributed by atoms with Crippen molar-refractivity contribution in [3.63, 3.8) is 0 Å². The van der Waals surface area contributed by atoms with Crippen molar-refractivity contribution in [2.24, 2.45) is 0 Å². The first-order valence-electron chi connectivity index (χ1n) is 16.7. The van der Waals surface area contributed by atoms with E-state index in [0.717, 1.165) is 22.7 Å². The molecule has 3 heteroatoms. The largest absolute Gasteiger partial charge is 0.453 e. The summed E-state index contributed by atoms with van der Waals surface area (Å²) >= 11 is 0. The van der Waals surface area contributed by atoms with Gasteiger partial charge >= 0.3 is 0 Å². The minimum absolute atomic E-state index is 0.158. The quantitative estimate of drug-likeness (QED) is 0.190. The molecule has 0 amide bonds. The summed E-state index contributed by atoms with van der Waals surface area (Å²) in [5.41, 5.74) is 14.7. The Morgan fingerprint density at radius 2 is 1.02 bits per heavy atom. The second-order valence-corrected chi connectivity index (χ2v) is 13.8. The maximum absolute atomic E-state index is 6.49. The van der Waals surface area contributed by atoms with Crippen molar-refractivity contribution >= 4 is 43.6 Å². The molecule has 11 rings (SSSR count). The Hall–Kier alpha value is -6.06. The van der Waals surface area contributed by atoms with E-state index in [1.807, 2.05) is 0 Å².